The Labute approximate surface area is 110 Å². The van der Waals surface area contributed by atoms with Gasteiger partial charge in [0.15, 0.2) is 0 Å². The van der Waals surface area contributed by atoms with Gasteiger partial charge in [0.25, 0.3) is 0 Å². The molecule has 0 aromatic heterocycles. The van der Waals surface area contributed by atoms with Gasteiger partial charge in [-0.1, -0.05) is 28.1 Å². The van der Waals surface area contributed by atoms with E-state index in [0.717, 1.165) is 23.9 Å². The molecule has 0 radical (unpaired) electrons. The number of rotatable bonds is 4. The molecular formula is C13H16BrNO2. The van der Waals surface area contributed by atoms with Gasteiger partial charge < -0.3 is 5.11 Å². The van der Waals surface area contributed by atoms with Crippen molar-refractivity contribution in [2.75, 3.05) is 7.05 Å². The Morgan fingerprint density at radius 1 is 1.41 bits per heavy atom. The molecule has 2 atom stereocenters. The Balaban J connectivity index is 1.95. The highest BCUT2D eigenvalue weighted by Gasteiger charge is 2.38. The van der Waals surface area contributed by atoms with Gasteiger partial charge in [-0.25, -0.2) is 0 Å². The molecule has 0 aliphatic heterocycles. The van der Waals surface area contributed by atoms with Crippen molar-refractivity contribution in [1.82, 2.24) is 4.90 Å². The number of hydrogen-bond donors (Lipinski definition) is 1. The summed E-state index contributed by atoms with van der Waals surface area (Å²) in [5, 5.41) is 9.02. The summed E-state index contributed by atoms with van der Waals surface area (Å²) < 4.78 is 1.07. The standard InChI is InChI=1S/C13H16BrNO2/c1-15(12-7-6-11(12)13(16)17)8-9-2-4-10(14)5-3-9/h2-5,11-12H,6-8H2,1H3,(H,16,17). The molecular weight excluding hydrogens is 282 g/mol. The molecule has 1 aliphatic carbocycles. The molecule has 4 heteroatoms. The van der Waals surface area contributed by atoms with E-state index in [-0.39, 0.29) is 12.0 Å². The first kappa shape index (κ1) is 12.6. The monoisotopic (exact) mass is 297 g/mol. The molecule has 0 bridgehead atoms. The van der Waals surface area contributed by atoms with Gasteiger partial charge in [0.2, 0.25) is 0 Å². The van der Waals surface area contributed by atoms with E-state index in [1.165, 1.54) is 5.56 Å². The summed E-state index contributed by atoms with van der Waals surface area (Å²) in [6, 6.07) is 8.34. The zero-order chi connectivity index (χ0) is 12.4. The average molecular weight is 298 g/mol. The zero-order valence-corrected chi connectivity index (χ0v) is 11.4. The highest BCUT2D eigenvalue weighted by atomic mass is 79.9. The summed E-state index contributed by atoms with van der Waals surface area (Å²) in [4.78, 5) is 13.1. The van der Waals surface area contributed by atoms with E-state index in [0.29, 0.717) is 0 Å². The van der Waals surface area contributed by atoms with E-state index in [4.69, 9.17) is 5.11 Å². The van der Waals surface area contributed by atoms with Crippen molar-refractivity contribution in [3.8, 4) is 0 Å². The van der Waals surface area contributed by atoms with Gasteiger partial charge in [-0.2, -0.15) is 0 Å². The van der Waals surface area contributed by atoms with Crippen molar-refractivity contribution in [3.63, 3.8) is 0 Å². The van der Waals surface area contributed by atoms with Gasteiger partial charge in [0.1, 0.15) is 0 Å². The van der Waals surface area contributed by atoms with E-state index in [2.05, 4.69) is 33.0 Å². The smallest absolute Gasteiger partial charge is 0.308 e. The van der Waals surface area contributed by atoms with Crippen LogP contribution in [0.15, 0.2) is 28.7 Å². The summed E-state index contributed by atoms with van der Waals surface area (Å²) >= 11 is 3.40. The first-order chi connectivity index (χ1) is 8.08. The van der Waals surface area contributed by atoms with E-state index in [9.17, 15) is 4.79 Å². The Morgan fingerprint density at radius 2 is 2.06 bits per heavy atom. The van der Waals surface area contributed by atoms with Crippen LogP contribution in [0.1, 0.15) is 18.4 Å². The number of carboxylic acid groups (broad SMARTS) is 1. The minimum absolute atomic E-state index is 0.185. The molecule has 92 valence electrons. The topological polar surface area (TPSA) is 40.5 Å². The number of aliphatic carboxylic acids is 1. The molecule has 1 aromatic rings. The van der Waals surface area contributed by atoms with Crippen molar-refractivity contribution >= 4 is 21.9 Å². The SMILES string of the molecule is CN(Cc1ccc(Br)cc1)C1CCC1C(=O)O. The van der Waals surface area contributed by atoms with Crippen LogP contribution in [-0.4, -0.2) is 29.1 Å². The first-order valence-corrected chi connectivity index (χ1v) is 6.54. The van der Waals surface area contributed by atoms with Gasteiger partial charge >= 0.3 is 5.97 Å². The van der Waals surface area contributed by atoms with Crippen molar-refractivity contribution in [2.24, 2.45) is 5.92 Å². The second-order valence-electron chi connectivity index (χ2n) is 4.63. The van der Waals surface area contributed by atoms with Crippen LogP contribution in [0.3, 0.4) is 0 Å². The lowest BCUT2D eigenvalue weighted by molar-refractivity contribution is -0.148. The highest BCUT2D eigenvalue weighted by Crippen LogP contribution is 2.32. The normalized spacial score (nSPS) is 23.5. The lowest BCUT2D eigenvalue weighted by Crippen LogP contribution is -2.48. The molecule has 0 amide bonds. The third kappa shape index (κ3) is 2.87. The quantitative estimate of drug-likeness (QED) is 0.929. The third-order valence-electron chi connectivity index (χ3n) is 3.47. The number of benzene rings is 1. The molecule has 1 N–H and O–H groups in total. The van der Waals surface area contributed by atoms with E-state index >= 15 is 0 Å². The summed E-state index contributed by atoms with van der Waals surface area (Å²) in [7, 11) is 2.00. The van der Waals surface area contributed by atoms with Gasteiger partial charge in [0, 0.05) is 17.1 Å². The van der Waals surface area contributed by atoms with E-state index in [1.54, 1.807) is 0 Å². The summed E-state index contributed by atoms with van der Waals surface area (Å²) in [5.74, 6) is -0.848. The van der Waals surface area contributed by atoms with Crippen molar-refractivity contribution in [1.29, 1.82) is 0 Å². The maximum absolute atomic E-state index is 11.0. The summed E-state index contributed by atoms with van der Waals surface area (Å²) in [6.07, 6.45) is 1.80. The molecule has 2 rings (SSSR count). The fourth-order valence-electron chi connectivity index (χ4n) is 2.29. The molecule has 17 heavy (non-hydrogen) atoms. The second-order valence-corrected chi connectivity index (χ2v) is 5.55. The second kappa shape index (κ2) is 5.19. The molecule has 3 nitrogen and oxygen atoms in total. The molecule has 1 aliphatic rings. The Morgan fingerprint density at radius 3 is 2.53 bits per heavy atom. The zero-order valence-electron chi connectivity index (χ0n) is 9.77. The van der Waals surface area contributed by atoms with Crippen LogP contribution in [0.2, 0.25) is 0 Å². The van der Waals surface area contributed by atoms with Crippen LogP contribution >= 0.6 is 15.9 Å². The van der Waals surface area contributed by atoms with Gasteiger partial charge in [-0.3, -0.25) is 9.69 Å². The maximum atomic E-state index is 11.0. The minimum atomic E-state index is -0.663. The predicted molar refractivity (Wildman–Crippen MR) is 69.8 cm³/mol. The molecule has 0 spiro atoms. The number of hydrogen-bond acceptors (Lipinski definition) is 2. The predicted octanol–water partition coefficient (Wildman–Crippen LogP) is 2.74. The van der Waals surface area contributed by atoms with Crippen molar-refractivity contribution < 1.29 is 9.90 Å². The lowest BCUT2D eigenvalue weighted by Gasteiger charge is -2.40. The van der Waals surface area contributed by atoms with Crippen LogP contribution in [0.4, 0.5) is 0 Å². The molecule has 1 aromatic carbocycles. The summed E-state index contributed by atoms with van der Waals surface area (Å²) in [5.41, 5.74) is 1.21. The largest absolute Gasteiger partial charge is 0.481 e. The fourth-order valence-corrected chi connectivity index (χ4v) is 2.56. The minimum Gasteiger partial charge on any atom is -0.481 e. The Bertz CT molecular complexity index is 404. The van der Waals surface area contributed by atoms with Crippen LogP contribution in [0, 0.1) is 5.92 Å². The van der Waals surface area contributed by atoms with Crippen LogP contribution in [-0.2, 0) is 11.3 Å². The Hall–Kier alpha value is -0.870. The molecule has 0 heterocycles. The van der Waals surface area contributed by atoms with Gasteiger partial charge in [0.05, 0.1) is 5.92 Å². The number of halogens is 1. The number of carboxylic acids is 1. The van der Waals surface area contributed by atoms with Crippen LogP contribution < -0.4 is 0 Å². The summed E-state index contributed by atoms with van der Waals surface area (Å²) in [6.45, 7) is 0.807. The lowest BCUT2D eigenvalue weighted by atomic mass is 9.78. The third-order valence-corrected chi connectivity index (χ3v) is 4.00. The maximum Gasteiger partial charge on any atom is 0.308 e. The molecule has 2 unspecified atom stereocenters. The molecule has 0 saturated heterocycles. The molecule has 1 fully saturated rings. The highest BCUT2D eigenvalue weighted by molar-refractivity contribution is 9.10. The van der Waals surface area contributed by atoms with E-state index < -0.39 is 5.97 Å². The first-order valence-electron chi connectivity index (χ1n) is 5.75. The van der Waals surface area contributed by atoms with E-state index in [1.807, 2.05) is 19.2 Å². The van der Waals surface area contributed by atoms with Crippen LogP contribution in [0.25, 0.3) is 0 Å². The number of carbonyl (C=O) groups is 1. The van der Waals surface area contributed by atoms with Crippen molar-refractivity contribution in [3.05, 3.63) is 34.3 Å². The van der Waals surface area contributed by atoms with Gasteiger partial charge in [-0.15, -0.1) is 0 Å². The van der Waals surface area contributed by atoms with Gasteiger partial charge in [-0.05, 0) is 37.6 Å². The number of nitrogens with zero attached hydrogens (tertiary/aromatic N) is 1. The van der Waals surface area contributed by atoms with Crippen molar-refractivity contribution in [2.45, 2.75) is 25.4 Å². The fraction of sp³-hybridized carbons (Fsp3) is 0.462. The molecule has 1 saturated carbocycles. The average Bonchev–Trinajstić information content (AvgIpc) is 2.18. The Kier molecular flexibility index (Phi) is 3.84. The van der Waals surface area contributed by atoms with Crippen LogP contribution in [0.5, 0.6) is 0 Å².